The van der Waals surface area contributed by atoms with E-state index in [0.717, 1.165) is 81.0 Å². The minimum Gasteiger partial charge on any atom is -0.496 e. The zero-order valence-corrected chi connectivity index (χ0v) is 24.0. The summed E-state index contributed by atoms with van der Waals surface area (Å²) in [5.41, 5.74) is 11.8. The average Bonchev–Trinajstić information content (AvgIpc) is 3.63. The molecule has 5 rings (SSSR count). The van der Waals surface area contributed by atoms with Gasteiger partial charge in [0.1, 0.15) is 11.5 Å². The molecule has 2 unspecified atom stereocenters. The van der Waals surface area contributed by atoms with Crippen LogP contribution in [-0.2, 0) is 24.2 Å². The molecule has 0 aromatic heterocycles. The SMILES string of the molecule is CCCCN(C(=O)CN1CC(c2ccc3c(c2)CCO3)CC1CCc1ccccc1OC)c1cccc(CN)c1. The molecule has 40 heavy (non-hydrogen) atoms. The standard InChI is InChI=1S/C34H43N3O3/c1-3-4-17-37(31-10-7-8-25(19-31)22-35)34(38)24-36-23-29(27-13-15-33-28(20-27)16-18-40-33)21-30(36)14-12-26-9-5-6-11-32(26)39-2/h5-11,13,15,19-20,29-30H,3-4,12,14,16-18,21-24,35H2,1-2H3. The van der Waals surface area contributed by atoms with E-state index in [-0.39, 0.29) is 5.91 Å². The van der Waals surface area contributed by atoms with Crippen molar-refractivity contribution in [3.63, 3.8) is 0 Å². The van der Waals surface area contributed by atoms with E-state index in [2.05, 4.69) is 48.2 Å². The molecule has 2 heterocycles. The number of para-hydroxylation sites is 1. The number of benzene rings is 3. The number of nitrogens with two attached hydrogens (primary N) is 1. The highest BCUT2D eigenvalue weighted by Gasteiger charge is 2.35. The molecule has 2 atom stereocenters. The van der Waals surface area contributed by atoms with Crippen molar-refractivity contribution in [1.29, 1.82) is 0 Å². The maximum Gasteiger partial charge on any atom is 0.241 e. The van der Waals surface area contributed by atoms with Crippen molar-refractivity contribution in [2.24, 2.45) is 5.73 Å². The van der Waals surface area contributed by atoms with Gasteiger partial charge in [-0.15, -0.1) is 0 Å². The molecule has 6 nitrogen and oxygen atoms in total. The predicted molar refractivity (Wildman–Crippen MR) is 161 cm³/mol. The number of unbranched alkanes of at least 4 members (excludes halogenated alkanes) is 1. The second kappa shape index (κ2) is 13.3. The molecule has 212 valence electrons. The molecule has 1 amide bonds. The fraction of sp³-hybridized carbons (Fsp3) is 0.441. The third kappa shape index (κ3) is 6.51. The molecule has 6 heteroatoms. The van der Waals surface area contributed by atoms with Crippen molar-refractivity contribution in [2.75, 3.05) is 38.3 Å². The van der Waals surface area contributed by atoms with Gasteiger partial charge in [0, 0.05) is 37.8 Å². The van der Waals surface area contributed by atoms with Crippen LogP contribution in [0.15, 0.2) is 66.7 Å². The third-order valence-electron chi connectivity index (χ3n) is 8.48. The lowest BCUT2D eigenvalue weighted by atomic mass is 9.92. The van der Waals surface area contributed by atoms with E-state index >= 15 is 0 Å². The molecule has 3 aromatic carbocycles. The van der Waals surface area contributed by atoms with Gasteiger partial charge < -0.3 is 20.1 Å². The zero-order valence-electron chi connectivity index (χ0n) is 24.0. The van der Waals surface area contributed by atoms with Crippen LogP contribution < -0.4 is 20.1 Å². The number of ether oxygens (including phenoxy) is 2. The van der Waals surface area contributed by atoms with Crippen molar-refractivity contribution in [3.8, 4) is 11.5 Å². The minimum absolute atomic E-state index is 0.160. The maximum atomic E-state index is 13.9. The van der Waals surface area contributed by atoms with E-state index in [9.17, 15) is 4.79 Å². The van der Waals surface area contributed by atoms with Gasteiger partial charge in [-0.2, -0.15) is 0 Å². The molecule has 0 aliphatic carbocycles. The molecule has 0 radical (unpaired) electrons. The Hall–Kier alpha value is -3.35. The van der Waals surface area contributed by atoms with Crippen LogP contribution in [0.2, 0.25) is 0 Å². The van der Waals surface area contributed by atoms with E-state index in [1.54, 1.807) is 7.11 Å². The summed E-state index contributed by atoms with van der Waals surface area (Å²) in [6.07, 6.45) is 5.92. The normalized spacial score (nSPS) is 18.4. The topological polar surface area (TPSA) is 68.0 Å². The van der Waals surface area contributed by atoms with Gasteiger partial charge in [0.05, 0.1) is 20.3 Å². The van der Waals surface area contributed by atoms with Crippen molar-refractivity contribution in [1.82, 2.24) is 4.90 Å². The van der Waals surface area contributed by atoms with Gasteiger partial charge in [-0.25, -0.2) is 0 Å². The van der Waals surface area contributed by atoms with Crippen LogP contribution in [-0.4, -0.2) is 50.2 Å². The summed E-state index contributed by atoms with van der Waals surface area (Å²) >= 11 is 0. The Kier molecular flexibility index (Phi) is 9.40. The average molecular weight is 542 g/mol. The van der Waals surface area contributed by atoms with E-state index in [4.69, 9.17) is 15.2 Å². The number of nitrogens with zero attached hydrogens (tertiary/aromatic N) is 2. The van der Waals surface area contributed by atoms with Crippen molar-refractivity contribution in [2.45, 2.75) is 64.0 Å². The Balaban J connectivity index is 1.36. The summed E-state index contributed by atoms with van der Waals surface area (Å²) in [7, 11) is 1.73. The number of methoxy groups -OCH3 is 1. The zero-order chi connectivity index (χ0) is 27.9. The lowest BCUT2D eigenvalue weighted by Crippen LogP contribution is -2.43. The summed E-state index contributed by atoms with van der Waals surface area (Å²) in [5, 5.41) is 0. The van der Waals surface area contributed by atoms with E-state index in [1.165, 1.54) is 16.7 Å². The van der Waals surface area contributed by atoms with Crippen LogP contribution in [0.3, 0.4) is 0 Å². The van der Waals surface area contributed by atoms with Crippen LogP contribution >= 0.6 is 0 Å². The smallest absolute Gasteiger partial charge is 0.241 e. The van der Waals surface area contributed by atoms with Crippen molar-refractivity contribution < 1.29 is 14.3 Å². The lowest BCUT2D eigenvalue weighted by Gasteiger charge is -2.29. The number of hydrogen-bond acceptors (Lipinski definition) is 5. The maximum absolute atomic E-state index is 13.9. The minimum atomic E-state index is 0.160. The monoisotopic (exact) mass is 541 g/mol. The Labute approximate surface area is 239 Å². The Bertz CT molecular complexity index is 1290. The Morgan fingerprint density at radius 1 is 1.12 bits per heavy atom. The highest BCUT2D eigenvalue weighted by Crippen LogP contribution is 2.37. The van der Waals surface area contributed by atoms with Crippen LogP contribution in [0.4, 0.5) is 5.69 Å². The third-order valence-corrected chi connectivity index (χ3v) is 8.48. The quantitative estimate of drug-likeness (QED) is 0.318. The lowest BCUT2D eigenvalue weighted by molar-refractivity contribution is -0.120. The van der Waals surface area contributed by atoms with Crippen molar-refractivity contribution in [3.05, 3.63) is 89.0 Å². The fourth-order valence-corrected chi connectivity index (χ4v) is 6.24. The van der Waals surface area contributed by atoms with Crippen LogP contribution in [0.25, 0.3) is 0 Å². The number of amides is 1. The molecule has 1 saturated heterocycles. The van der Waals surface area contributed by atoms with Gasteiger partial charge in [0.2, 0.25) is 5.91 Å². The van der Waals surface area contributed by atoms with Gasteiger partial charge >= 0.3 is 0 Å². The van der Waals surface area contributed by atoms with Crippen LogP contribution in [0.5, 0.6) is 11.5 Å². The predicted octanol–water partition coefficient (Wildman–Crippen LogP) is 5.71. The Morgan fingerprint density at radius 3 is 2.83 bits per heavy atom. The second-order valence-electron chi connectivity index (χ2n) is 11.1. The molecule has 2 aliphatic rings. The van der Waals surface area contributed by atoms with Gasteiger partial charge in [0.25, 0.3) is 0 Å². The second-order valence-corrected chi connectivity index (χ2v) is 11.1. The highest BCUT2D eigenvalue weighted by atomic mass is 16.5. The first-order chi connectivity index (χ1) is 19.6. The van der Waals surface area contributed by atoms with E-state index < -0.39 is 0 Å². The molecular weight excluding hydrogens is 498 g/mol. The summed E-state index contributed by atoms with van der Waals surface area (Å²) in [6, 6.07) is 23.4. The number of carbonyl (C=O) groups excluding carboxylic acids is 1. The number of fused-ring (bicyclic) bond motifs is 1. The van der Waals surface area contributed by atoms with E-state index in [1.807, 2.05) is 35.2 Å². The highest BCUT2D eigenvalue weighted by molar-refractivity contribution is 5.95. The van der Waals surface area contributed by atoms with Crippen LogP contribution in [0.1, 0.15) is 60.8 Å². The van der Waals surface area contributed by atoms with E-state index in [0.29, 0.717) is 25.0 Å². The van der Waals surface area contributed by atoms with Gasteiger partial charge in [-0.1, -0.05) is 55.8 Å². The Morgan fingerprint density at radius 2 is 2.00 bits per heavy atom. The van der Waals surface area contributed by atoms with Gasteiger partial charge in [-0.3, -0.25) is 9.69 Å². The fourth-order valence-electron chi connectivity index (χ4n) is 6.24. The molecule has 2 aliphatic heterocycles. The summed E-state index contributed by atoms with van der Waals surface area (Å²) in [4.78, 5) is 18.3. The largest absolute Gasteiger partial charge is 0.496 e. The molecule has 0 saturated carbocycles. The number of hydrogen-bond donors (Lipinski definition) is 1. The number of likely N-dealkylation sites (tertiary alicyclic amines) is 1. The molecule has 2 N–H and O–H groups in total. The first-order valence-electron chi connectivity index (χ1n) is 14.8. The number of aryl methyl sites for hydroxylation is 1. The number of rotatable bonds is 12. The first-order valence-corrected chi connectivity index (χ1v) is 14.8. The molecule has 3 aromatic rings. The summed E-state index contributed by atoms with van der Waals surface area (Å²) < 4.78 is 11.4. The molecule has 0 bridgehead atoms. The van der Waals surface area contributed by atoms with Gasteiger partial charge in [-0.05, 0) is 78.1 Å². The molecule has 0 spiro atoms. The van der Waals surface area contributed by atoms with Crippen LogP contribution in [0, 0.1) is 0 Å². The number of carbonyl (C=O) groups is 1. The summed E-state index contributed by atoms with van der Waals surface area (Å²) in [5.74, 6) is 2.51. The van der Waals surface area contributed by atoms with Crippen molar-refractivity contribution >= 4 is 11.6 Å². The number of anilines is 1. The molecular formula is C34H43N3O3. The summed E-state index contributed by atoms with van der Waals surface area (Å²) in [6.45, 7) is 5.42. The molecule has 1 fully saturated rings. The first kappa shape index (κ1) is 28.2. The van der Waals surface area contributed by atoms with Gasteiger partial charge in [0.15, 0.2) is 0 Å².